The Morgan fingerprint density at radius 3 is 2.33 bits per heavy atom. The van der Waals surface area contributed by atoms with Crippen LogP contribution in [-0.2, 0) is 0 Å². The van der Waals surface area contributed by atoms with Crippen molar-refractivity contribution in [3.8, 4) is 5.75 Å². The Balaban J connectivity index is 2.59. The molecule has 0 aliphatic heterocycles. The van der Waals surface area contributed by atoms with E-state index in [0.717, 1.165) is 24.8 Å². The summed E-state index contributed by atoms with van der Waals surface area (Å²) in [6.45, 7) is 4.14. The average Bonchev–Trinajstić information content (AvgIpc) is 2.26. The van der Waals surface area contributed by atoms with Crippen LogP contribution in [0.25, 0.3) is 0 Å². The van der Waals surface area contributed by atoms with Gasteiger partial charge in [-0.05, 0) is 24.1 Å². The van der Waals surface area contributed by atoms with Crippen molar-refractivity contribution in [1.29, 1.82) is 0 Å². The minimum absolute atomic E-state index is 0.136. The zero-order chi connectivity index (χ0) is 11.3. The first-order chi connectivity index (χ1) is 7.15. The monoisotopic (exact) mass is 208 g/mol. The van der Waals surface area contributed by atoms with Crippen LogP contribution >= 0.6 is 0 Å². The van der Waals surface area contributed by atoms with Gasteiger partial charge in [0.25, 0.3) is 0 Å². The van der Waals surface area contributed by atoms with E-state index in [1.54, 1.807) is 12.1 Å². The van der Waals surface area contributed by atoms with Gasteiger partial charge in [-0.3, -0.25) is 0 Å². The summed E-state index contributed by atoms with van der Waals surface area (Å²) in [5, 5.41) is 19.1. The Hall–Kier alpha value is -1.02. The number of phenolic OH excluding ortho intramolecular Hbond substituents is 1. The fourth-order valence-corrected chi connectivity index (χ4v) is 1.66. The molecule has 2 unspecified atom stereocenters. The molecule has 1 aromatic carbocycles. The third kappa shape index (κ3) is 3.56. The highest BCUT2D eigenvalue weighted by Crippen LogP contribution is 2.24. The Morgan fingerprint density at radius 1 is 1.20 bits per heavy atom. The maximum atomic E-state index is 9.91. The van der Waals surface area contributed by atoms with Crippen molar-refractivity contribution in [3.05, 3.63) is 29.8 Å². The second-order valence-electron chi connectivity index (χ2n) is 4.09. The number of benzene rings is 1. The number of hydrogen-bond acceptors (Lipinski definition) is 2. The molecule has 0 heterocycles. The summed E-state index contributed by atoms with van der Waals surface area (Å²) in [5.74, 6) is 0.408. The summed E-state index contributed by atoms with van der Waals surface area (Å²) in [7, 11) is 0. The van der Waals surface area contributed by atoms with Crippen molar-refractivity contribution in [1.82, 2.24) is 0 Å². The van der Waals surface area contributed by atoms with Gasteiger partial charge in [-0.25, -0.2) is 0 Å². The van der Waals surface area contributed by atoms with Crippen molar-refractivity contribution < 1.29 is 10.2 Å². The van der Waals surface area contributed by atoms with Crippen molar-refractivity contribution in [2.45, 2.75) is 45.1 Å². The Morgan fingerprint density at radius 2 is 1.80 bits per heavy atom. The first kappa shape index (κ1) is 12.1. The van der Waals surface area contributed by atoms with E-state index in [4.69, 9.17) is 5.11 Å². The van der Waals surface area contributed by atoms with E-state index in [9.17, 15) is 5.11 Å². The summed E-state index contributed by atoms with van der Waals surface area (Å²) in [4.78, 5) is 0. The smallest absolute Gasteiger partial charge is 0.115 e. The molecule has 0 radical (unpaired) electrons. The highest BCUT2D eigenvalue weighted by atomic mass is 16.3. The fourth-order valence-electron chi connectivity index (χ4n) is 1.66. The van der Waals surface area contributed by atoms with Crippen LogP contribution in [0.15, 0.2) is 24.3 Å². The molecular formula is C13H20O2. The second kappa shape index (κ2) is 5.76. The number of phenols is 1. The van der Waals surface area contributed by atoms with Crippen LogP contribution in [0, 0.1) is 0 Å². The third-order valence-corrected chi connectivity index (χ3v) is 2.85. The average molecular weight is 208 g/mol. The molecule has 1 aromatic rings. The fraction of sp³-hybridized carbons (Fsp3) is 0.538. The van der Waals surface area contributed by atoms with Gasteiger partial charge in [0.1, 0.15) is 5.75 Å². The van der Waals surface area contributed by atoms with Gasteiger partial charge in [-0.15, -0.1) is 0 Å². The van der Waals surface area contributed by atoms with Crippen LogP contribution in [0.5, 0.6) is 5.75 Å². The molecule has 15 heavy (non-hydrogen) atoms. The molecule has 84 valence electrons. The van der Waals surface area contributed by atoms with Crippen LogP contribution in [0.4, 0.5) is 0 Å². The van der Waals surface area contributed by atoms with Crippen LogP contribution in [-0.4, -0.2) is 16.3 Å². The van der Waals surface area contributed by atoms with E-state index in [1.807, 2.05) is 19.1 Å². The quantitative estimate of drug-likeness (QED) is 0.780. The lowest BCUT2D eigenvalue weighted by atomic mass is 9.92. The molecule has 2 heteroatoms. The minimum Gasteiger partial charge on any atom is -0.508 e. The zero-order valence-electron chi connectivity index (χ0n) is 9.48. The SMILES string of the molecule is CCCCC(O)C(C)c1ccc(O)cc1. The normalized spacial score (nSPS) is 14.9. The molecule has 0 saturated carbocycles. The van der Waals surface area contributed by atoms with Crippen molar-refractivity contribution in [2.24, 2.45) is 0 Å². The van der Waals surface area contributed by atoms with E-state index < -0.39 is 0 Å². The third-order valence-electron chi connectivity index (χ3n) is 2.85. The predicted octanol–water partition coefficient (Wildman–Crippen LogP) is 3.05. The molecule has 0 aromatic heterocycles. The number of rotatable bonds is 5. The van der Waals surface area contributed by atoms with Crippen LogP contribution in [0.3, 0.4) is 0 Å². The number of aliphatic hydroxyl groups is 1. The van der Waals surface area contributed by atoms with Gasteiger partial charge in [0, 0.05) is 5.92 Å². The molecule has 1 rings (SSSR count). The Labute approximate surface area is 91.6 Å². The molecule has 0 aliphatic rings. The second-order valence-corrected chi connectivity index (χ2v) is 4.09. The molecule has 2 nitrogen and oxygen atoms in total. The maximum absolute atomic E-state index is 9.91. The van der Waals surface area contributed by atoms with E-state index in [1.165, 1.54) is 0 Å². The van der Waals surface area contributed by atoms with Crippen LogP contribution in [0.2, 0.25) is 0 Å². The standard InChI is InChI=1S/C13H20O2/c1-3-4-5-13(15)10(2)11-6-8-12(14)9-7-11/h6-10,13-15H,3-5H2,1-2H3. The Kier molecular flexibility index (Phi) is 4.63. The van der Waals surface area contributed by atoms with E-state index >= 15 is 0 Å². The maximum Gasteiger partial charge on any atom is 0.115 e. The lowest BCUT2D eigenvalue weighted by Gasteiger charge is -2.18. The van der Waals surface area contributed by atoms with E-state index in [-0.39, 0.29) is 17.8 Å². The summed E-state index contributed by atoms with van der Waals surface area (Å²) in [6.07, 6.45) is 2.73. The van der Waals surface area contributed by atoms with Gasteiger partial charge in [-0.2, -0.15) is 0 Å². The first-order valence-corrected chi connectivity index (χ1v) is 5.62. The zero-order valence-corrected chi connectivity index (χ0v) is 9.48. The lowest BCUT2D eigenvalue weighted by Crippen LogP contribution is -2.15. The van der Waals surface area contributed by atoms with Crippen molar-refractivity contribution >= 4 is 0 Å². The van der Waals surface area contributed by atoms with Gasteiger partial charge in [-0.1, -0.05) is 38.8 Å². The molecule has 0 fully saturated rings. The lowest BCUT2D eigenvalue weighted by molar-refractivity contribution is 0.137. The molecule has 0 spiro atoms. The van der Waals surface area contributed by atoms with Crippen molar-refractivity contribution in [3.63, 3.8) is 0 Å². The predicted molar refractivity (Wildman–Crippen MR) is 62.1 cm³/mol. The number of hydrogen-bond donors (Lipinski definition) is 2. The molecular weight excluding hydrogens is 188 g/mol. The van der Waals surface area contributed by atoms with Gasteiger partial charge in [0.05, 0.1) is 6.10 Å². The molecule has 0 amide bonds. The largest absolute Gasteiger partial charge is 0.508 e. The van der Waals surface area contributed by atoms with E-state index in [2.05, 4.69) is 6.92 Å². The summed E-state index contributed by atoms with van der Waals surface area (Å²) >= 11 is 0. The number of aliphatic hydroxyl groups excluding tert-OH is 1. The minimum atomic E-state index is -0.283. The van der Waals surface area contributed by atoms with Gasteiger partial charge < -0.3 is 10.2 Å². The first-order valence-electron chi connectivity index (χ1n) is 5.62. The Bertz CT molecular complexity index is 279. The van der Waals surface area contributed by atoms with Crippen LogP contribution in [0.1, 0.15) is 44.6 Å². The highest BCUT2D eigenvalue weighted by molar-refractivity contribution is 5.28. The summed E-state index contributed by atoms with van der Waals surface area (Å²) < 4.78 is 0. The molecule has 0 saturated heterocycles. The molecule has 0 bridgehead atoms. The molecule has 2 N–H and O–H groups in total. The van der Waals surface area contributed by atoms with E-state index in [0.29, 0.717) is 0 Å². The topological polar surface area (TPSA) is 40.5 Å². The van der Waals surface area contributed by atoms with Gasteiger partial charge in [0.15, 0.2) is 0 Å². The van der Waals surface area contributed by atoms with Gasteiger partial charge in [0.2, 0.25) is 0 Å². The summed E-state index contributed by atoms with van der Waals surface area (Å²) in [6, 6.07) is 7.07. The summed E-state index contributed by atoms with van der Waals surface area (Å²) in [5.41, 5.74) is 1.08. The van der Waals surface area contributed by atoms with Gasteiger partial charge >= 0.3 is 0 Å². The highest BCUT2D eigenvalue weighted by Gasteiger charge is 2.15. The molecule has 2 atom stereocenters. The number of aromatic hydroxyl groups is 1. The molecule has 0 aliphatic carbocycles. The van der Waals surface area contributed by atoms with Crippen molar-refractivity contribution in [2.75, 3.05) is 0 Å². The van der Waals surface area contributed by atoms with Crippen LogP contribution < -0.4 is 0 Å². The number of unbranched alkanes of at least 4 members (excludes halogenated alkanes) is 1.